The predicted octanol–water partition coefficient (Wildman–Crippen LogP) is 1.97. The Morgan fingerprint density at radius 3 is 2.60 bits per heavy atom. The number of rotatable bonds is 0. The van der Waals surface area contributed by atoms with Crippen molar-refractivity contribution in [2.75, 3.05) is 0 Å². The van der Waals surface area contributed by atoms with E-state index < -0.39 is 0 Å². The van der Waals surface area contributed by atoms with Crippen LogP contribution in [0.2, 0.25) is 0 Å². The molecule has 0 amide bonds. The molecule has 0 saturated carbocycles. The van der Waals surface area contributed by atoms with Gasteiger partial charge in [-0.05, 0) is 30.8 Å². The molecule has 0 bridgehead atoms. The SMILES string of the molecule is CC1=CCC(C)C(C)[C@H]1O. The van der Waals surface area contributed by atoms with E-state index in [2.05, 4.69) is 19.9 Å². The lowest BCUT2D eigenvalue weighted by molar-refractivity contribution is 0.109. The lowest BCUT2D eigenvalue weighted by atomic mass is 9.80. The van der Waals surface area contributed by atoms with Crippen LogP contribution in [0.4, 0.5) is 0 Å². The molecular weight excluding hydrogens is 124 g/mol. The highest BCUT2D eigenvalue weighted by Crippen LogP contribution is 2.28. The van der Waals surface area contributed by atoms with Crippen LogP contribution in [0.5, 0.6) is 0 Å². The molecule has 58 valence electrons. The smallest absolute Gasteiger partial charge is 0.0775 e. The normalized spacial score (nSPS) is 41.2. The van der Waals surface area contributed by atoms with Gasteiger partial charge in [0.2, 0.25) is 0 Å². The highest BCUT2D eigenvalue weighted by molar-refractivity contribution is 5.10. The monoisotopic (exact) mass is 140 g/mol. The van der Waals surface area contributed by atoms with Gasteiger partial charge in [0.05, 0.1) is 6.10 Å². The fraction of sp³-hybridized carbons (Fsp3) is 0.778. The number of aliphatic hydroxyl groups excluding tert-OH is 1. The Labute approximate surface area is 62.8 Å². The van der Waals surface area contributed by atoms with Crippen LogP contribution in [-0.2, 0) is 0 Å². The Hall–Kier alpha value is -0.300. The highest BCUT2D eigenvalue weighted by atomic mass is 16.3. The lowest BCUT2D eigenvalue weighted by Crippen LogP contribution is -2.28. The van der Waals surface area contributed by atoms with Gasteiger partial charge in [0.15, 0.2) is 0 Å². The molecule has 0 fully saturated rings. The van der Waals surface area contributed by atoms with E-state index in [1.54, 1.807) is 0 Å². The van der Waals surface area contributed by atoms with E-state index in [-0.39, 0.29) is 6.10 Å². The summed E-state index contributed by atoms with van der Waals surface area (Å²) in [6, 6.07) is 0. The second kappa shape index (κ2) is 2.75. The van der Waals surface area contributed by atoms with Crippen LogP contribution < -0.4 is 0 Å². The van der Waals surface area contributed by atoms with Gasteiger partial charge in [-0.15, -0.1) is 0 Å². The first-order chi connectivity index (χ1) is 4.63. The Kier molecular flexibility index (Phi) is 2.14. The van der Waals surface area contributed by atoms with E-state index in [9.17, 15) is 5.11 Å². The molecule has 1 N–H and O–H groups in total. The molecule has 0 radical (unpaired) electrons. The summed E-state index contributed by atoms with van der Waals surface area (Å²) in [5, 5.41) is 9.55. The minimum absolute atomic E-state index is 0.191. The quantitative estimate of drug-likeness (QED) is 0.510. The van der Waals surface area contributed by atoms with E-state index in [0.29, 0.717) is 11.8 Å². The summed E-state index contributed by atoms with van der Waals surface area (Å²) < 4.78 is 0. The number of hydrogen-bond donors (Lipinski definition) is 1. The Morgan fingerprint density at radius 2 is 2.10 bits per heavy atom. The first-order valence-corrected chi connectivity index (χ1v) is 3.97. The fourth-order valence-electron chi connectivity index (χ4n) is 1.43. The van der Waals surface area contributed by atoms with Crippen LogP contribution in [0.3, 0.4) is 0 Å². The summed E-state index contributed by atoms with van der Waals surface area (Å²) in [5.41, 5.74) is 1.14. The van der Waals surface area contributed by atoms with Crippen molar-refractivity contribution in [3.63, 3.8) is 0 Å². The van der Waals surface area contributed by atoms with Crippen molar-refractivity contribution in [2.45, 2.75) is 33.3 Å². The third-order valence-corrected chi connectivity index (χ3v) is 2.67. The molecule has 0 heterocycles. The molecule has 3 atom stereocenters. The molecule has 0 aromatic carbocycles. The van der Waals surface area contributed by atoms with Crippen molar-refractivity contribution in [1.29, 1.82) is 0 Å². The molecule has 0 spiro atoms. The number of allylic oxidation sites excluding steroid dienone is 1. The Morgan fingerprint density at radius 1 is 1.50 bits per heavy atom. The molecule has 1 aliphatic rings. The molecule has 0 aliphatic heterocycles. The average Bonchev–Trinajstić information content (AvgIpc) is 1.93. The zero-order valence-corrected chi connectivity index (χ0v) is 6.96. The third kappa shape index (κ3) is 1.24. The summed E-state index contributed by atoms with van der Waals surface area (Å²) in [5.74, 6) is 1.07. The maximum atomic E-state index is 9.55. The van der Waals surface area contributed by atoms with Gasteiger partial charge in [0.25, 0.3) is 0 Å². The van der Waals surface area contributed by atoms with Crippen LogP contribution in [0.25, 0.3) is 0 Å². The predicted molar refractivity (Wildman–Crippen MR) is 42.7 cm³/mol. The van der Waals surface area contributed by atoms with E-state index in [1.807, 2.05) is 6.92 Å². The van der Waals surface area contributed by atoms with Crippen molar-refractivity contribution in [1.82, 2.24) is 0 Å². The van der Waals surface area contributed by atoms with E-state index in [0.717, 1.165) is 12.0 Å². The van der Waals surface area contributed by atoms with Crippen LogP contribution in [0.15, 0.2) is 11.6 Å². The Balaban J connectivity index is 2.71. The van der Waals surface area contributed by atoms with Gasteiger partial charge in [0.1, 0.15) is 0 Å². The van der Waals surface area contributed by atoms with Gasteiger partial charge < -0.3 is 5.11 Å². The first-order valence-electron chi connectivity index (χ1n) is 3.97. The average molecular weight is 140 g/mol. The molecule has 1 aliphatic carbocycles. The summed E-state index contributed by atoms with van der Waals surface area (Å²) >= 11 is 0. The lowest BCUT2D eigenvalue weighted by Gasteiger charge is -2.29. The van der Waals surface area contributed by atoms with Crippen molar-refractivity contribution in [3.05, 3.63) is 11.6 Å². The summed E-state index contributed by atoms with van der Waals surface area (Å²) in [7, 11) is 0. The fourth-order valence-corrected chi connectivity index (χ4v) is 1.43. The van der Waals surface area contributed by atoms with Gasteiger partial charge in [-0.1, -0.05) is 19.9 Å². The maximum absolute atomic E-state index is 9.55. The van der Waals surface area contributed by atoms with Crippen molar-refractivity contribution in [3.8, 4) is 0 Å². The number of aliphatic hydroxyl groups is 1. The van der Waals surface area contributed by atoms with Gasteiger partial charge in [-0.25, -0.2) is 0 Å². The molecule has 1 rings (SSSR count). The van der Waals surface area contributed by atoms with Gasteiger partial charge in [-0.2, -0.15) is 0 Å². The molecule has 2 unspecified atom stereocenters. The minimum Gasteiger partial charge on any atom is -0.388 e. The molecule has 10 heavy (non-hydrogen) atoms. The maximum Gasteiger partial charge on any atom is 0.0775 e. The molecule has 0 saturated heterocycles. The molecule has 0 aromatic heterocycles. The van der Waals surface area contributed by atoms with Crippen LogP contribution in [0, 0.1) is 11.8 Å². The van der Waals surface area contributed by atoms with Crippen LogP contribution >= 0.6 is 0 Å². The van der Waals surface area contributed by atoms with Crippen molar-refractivity contribution < 1.29 is 5.11 Å². The van der Waals surface area contributed by atoms with Gasteiger partial charge >= 0.3 is 0 Å². The summed E-state index contributed by atoms with van der Waals surface area (Å²) in [4.78, 5) is 0. The second-order valence-corrected chi connectivity index (χ2v) is 3.47. The second-order valence-electron chi connectivity index (χ2n) is 3.47. The largest absolute Gasteiger partial charge is 0.388 e. The molecular formula is C9H16O. The molecule has 1 heteroatoms. The van der Waals surface area contributed by atoms with E-state index in [1.165, 1.54) is 0 Å². The third-order valence-electron chi connectivity index (χ3n) is 2.67. The number of hydrogen-bond acceptors (Lipinski definition) is 1. The summed E-state index contributed by atoms with van der Waals surface area (Å²) in [6.07, 6.45) is 3.09. The highest BCUT2D eigenvalue weighted by Gasteiger charge is 2.24. The minimum atomic E-state index is -0.191. The Bertz CT molecular complexity index is 149. The zero-order chi connectivity index (χ0) is 7.72. The van der Waals surface area contributed by atoms with Gasteiger partial charge in [0, 0.05) is 0 Å². The molecule has 1 nitrogen and oxygen atoms in total. The molecule has 0 aromatic rings. The van der Waals surface area contributed by atoms with E-state index in [4.69, 9.17) is 0 Å². The zero-order valence-electron chi connectivity index (χ0n) is 6.96. The van der Waals surface area contributed by atoms with Crippen molar-refractivity contribution in [2.24, 2.45) is 11.8 Å². The van der Waals surface area contributed by atoms with Crippen LogP contribution in [0.1, 0.15) is 27.2 Å². The standard InChI is InChI=1S/C9H16O/c1-6-4-5-7(2)9(10)8(6)3/h5-6,8-10H,4H2,1-3H3/t6?,8?,9-/m0/s1. The van der Waals surface area contributed by atoms with Crippen molar-refractivity contribution >= 4 is 0 Å². The topological polar surface area (TPSA) is 20.2 Å². The van der Waals surface area contributed by atoms with Gasteiger partial charge in [-0.3, -0.25) is 0 Å². The van der Waals surface area contributed by atoms with Crippen LogP contribution in [-0.4, -0.2) is 11.2 Å². The van der Waals surface area contributed by atoms with E-state index >= 15 is 0 Å². The first kappa shape index (κ1) is 7.80. The summed E-state index contributed by atoms with van der Waals surface area (Å²) in [6.45, 7) is 6.32.